The van der Waals surface area contributed by atoms with Crippen molar-refractivity contribution in [2.75, 3.05) is 24.6 Å². The molecule has 0 unspecified atom stereocenters. The quantitative estimate of drug-likeness (QED) is 0.611. The van der Waals surface area contributed by atoms with Gasteiger partial charge in [-0.25, -0.2) is 0 Å². The van der Waals surface area contributed by atoms with Crippen LogP contribution in [0.4, 0.5) is 15.8 Å². The summed E-state index contributed by atoms with van der Waals surface area (Å²) in [4.78, 5) is 11.8. The average molecular weight is 242 g/mol. The van der Waals surface area contributed by atoms with Gasteiger partial charge in [0.05, 0.1) is 4.92 Å². The molecular weight excluding hydrogens is 227 g/mol. The Morgan fingerprint density at radius 2 is 2.24 bits per heavy atom. The minimum atomic E-state index is -0.838. The lowest BCUT2D eigenvalue weighted by Gasteiger charge is -2.22. The van der Waals surface area contributed by atoms with Gasteiger partial charge in [-0.15, -0.1) is 0 Å². The lowest BCUT2D eigenvalue weighted by molar-refractivity contribution is -0.386. The van der Waals surface area contributed by atoms with Crippen molar-refractivity contribution >= 4 is 11.4 Å². The summed E-state index contributed by atoms with van der Waals surface area (Å²) >= 11 is 0. The van der Waals surface area contributed by atoms with E-state index < -0.39 is 16.4 Å². The van der Waals surface area contributed by atoms with E-state index >= 15 is 0 Å². The maximum absolute atomic E-state index is 13.4. The Morgan fingerprint density at radius 3 is 2.76 bits per heavy atom. The summed E-state index contributed by atoms with van der Waals surface area (Å²) in [6.45, 7) is 2.80. The molecule has 0 amide bonds. The van der Waals surface area contributed by atoms with Crippen molar-refractivity contribution in [3.8, 4) is 0 Å². The monoisotopic (exact) mass is 242 g/mol. The molecular formula is C11H15FN2O3. The summed E-state index contributed by atoms with van der Waals surface area (Å²) in [6.07, 6.45) is 0.488. The molecule has 17 heavy (non-hydrogen) atoms. The van der Waals surface area contributed by atoms with Gasteiger partial charge in [0.1, 0.15) is 5.69 Å². The van der Waals surface area contributed by atoms with Crippen molar-refractivity contribution in [1.82, 2.24) is 0 Å². The van der Waals surface area contributed by atoms with E-state index in [0.717, 1.165) is 6.07 Å². The molecule has 94 valence electrons. The fourth-order valence-electron chi connectivity index (χ4n) is 1.65. The number of benzene rings is 1. The zero-order valence-corrected chi connectivity index (χ0v) is 9.60. The molecule has 0 fully saturated rings. The molecule has 0 aliphatic heterocycles. The number of nitro benzene ring substituents is 1. The van der Waals surface area contributed by atoms with Gasteiger partial charge in [0.2, 0.25) is 5.82 Å². The van der Waals surface area contributed by atoms with E-state index in [1.165, 1.54) is 12.1 Å². The van der Waals surface area contributed by atoms with Crippen LogP contribution in [0.2, 0.25) is 0 Å². The van der Waals surface area contributed by atoms with E-state index in [1.54, 1.807) is 4.90 Å². The van der Waals surface area contributed by atoms with E-state index in [4.69, 9.17) is 5.11 Å². The minimum absolute atomic E-state index is 0.000384. The molecule has 0 saturated heterocycles. The first-order chi connectivity index (χ1) is 8.11. The van der Waals surface area contributed by atoms with Gasteiger partial charge in [0.15, 0.2) is 0 Å². The summed E-state index contributed by atoms with van der Waals surface area (Å²) < 4.78 is 13.4. The van der Waals surface area contributed by atoms with Crippen LogP contribution in [-0.2, 0) is 0 Å². The molecule has 0 aliphatic rings. The van der Waals surface area contributed by atoms with Crippen LogP contribution in [0.5, 0.6) is 0 Å². The number of rotatable bonds is 6. The molecule has 5 nitrogen and oxygen atoms in total. The van der Waals surface area contributed by atoms with Gasteiger partial charge in [-0.05, 0) is 25.5 Å². The van der Waals surface area contributed by atoms with Gasteiger partial charge in [-0.1, -0.05) is 6.07 Å². The van der Waals surface area contributed by atoms with Crippen molar-refractivity contribution in [2.24, 2.45) is 0 Å². The largest absolute Gasteiger partial charge is 0.396 e. The smallest absolute Gasteiger partial charge is 0.327 e. The lowest BCUT2D eigenvalue weighted by Crippen LogP contribution is -2.25. The molecule has 0 aliphatic carbocycles. The van der Waals surface area contributed by atoms with Crippen molar-refractivity contribution in [3.05, 3.63) is 34.1 Å². The lowest BCUT2D eigenvalue weighted by atomic mass is 10.2. The summed E-state index contributed by atoms with van der Waals surface area (Å²) in [6, 6.07) is 4.03. The van der Waals surface area contributed by atoms with E-state index in [9.17, 15) is 14.5 Å². The second-order valence-electron chi connectivity index (χ2n) is 3.52. The highest BCUT2D eigenvalue weighted by atomic mass is 19.1. The molecule has 0 radical (unpaired) electrons. The minimum Gasteiger partial charge on any atom is -0.396 e. The highest BCUT2D eigenvalue weighted by Gasteiger charge is 2.22. The third-order valence-electron chi connectivity index (χ3n) is 2.46. The van der Waals surface area contributed by atoms with Gasteiger partial charge in [0, 0.05) is 19.7 Å². The molecule has 0 bridgehead atoms. The van der Waals surface area contributed by atoms with Gasteiger partial charge in [-0.3, -0.25) is 10.1 Å². The van der Waals surface area contributed by atoms with E-state index in [1.807, 2.05) is 6.92 Å². The zero-order chi connectivity index (χ0) is 12.8. The molecule has 6 heteroatoms. The topological polar surface area (TPSA) is 66.6 Å². The van der Waals surface area contributed by atoms with E-state index in [-0.39, 0.29) is 12.3 Å². The van der Waals surface area contributed by atoms with Gasteiger partial charge in [0.25, 0.3) is 0 Å². The molecule has 1 aromatic rings. The average Bonchev–Trinajstić information content (AvgIpc) is 2.29. The summed E-state index contributed by atoms with van der Waals surface area (Å²) in [7, 11) is 0. The number of anilines is 1. The zero-order valence-electron chi connectivity index (χ0n) is 9.60. The van der Waals surface area contributed by atoms with Crippen LogP contribution in [0.15, 0.2) is 18.2 Å². The van der Waals surface area contributed by atoms with E-state index in [0.29, 0.717) is 19.5 Å². The summed E-state index contributed by atoms with van der Waals surface area (Å²) in [5, 5.41) is 19.6. The summed E-state index contributed by atoms with van der Waals surface area (Å²) in [5.41, 5.74) is -0.252. The number of hydrogen-bond donors (Lipinski definition) is 1. The molecule has 0 atom stereocenters. The summed E-state index contributed by atoms with van der Waals surface area (Å²) in [5.74, 6) is -0.838. The highest BCUT2D eigenvalue weighted by Crippen LogP contribution is 2.30. The van der Waals surface area contributed by atoms with E-state index in [2.05, 4.69) is 0 Å². The number of para-hydroxylation sites is 1. The van der Waals surface area contributed by atoms with Crippen LogP contribution in [0.3, 0.4) is 0 Å². The molecule has 0 heterocycles. The Bertz CT molecular complexity index is 398. The maximum atomic E-state index is 13.4. The SMILES string of the molecule is CCN(CCCO)c1cccc(F)c1[N+](=O)[O-]. The number of aliphatic hydroxyl groups excluding tert-OH is 1. The van der Waals surface area contributed by atoms with Crippen LogP contribution < -0.4 is 4.90 Å². The Morgan fingerprint density at radius 1 is 1.53 bits per heavy atom. The fourth-order valence-corrected chi connectivity index (χ4v) is 1.65. The standard InChI is InChI=1S/C11H15FN2O3/c1-2-13(7-4-8-15)10-6-3-5-9(12)11(10)14(16)17/h3,5-6,15H,2,4,7-8H2,1H3. The first kappa shape index (κ1) is 13.4. The Labute approximate surface area is 98.6 Å². The highest BCUT2D eigenvalue weighted by molar-refractivity contribution is 5.63. The van der Waals surface area contributed by atoms with Crippen LogP contribution >= 0.6 is 0 Å². The van der Waals surface area contributed by atoms with Gasteiger partial charge >= 0.3 is 5.69 Å². The van der Waals surface area contributed by atoms with Gasteiger partial charge < -0.3 is 10.0 Å². The molecule has 1 aromatic carbocycles. The number of nitrogens with zero attached hydrogens (tertiary/aromatic N) is 2. The van der Waals surface area contributed by atoms with Crippen molar-refractivity contribution in [1.29, 1.82) is 0 Å². The first-order valence-electron chi connectivity index (χ1n) is 5.40. The Kier molecular flexibility index (Phi) is 4.84. The van der Waals surface area contributed by atoms with Crippen molar-refractivity contribution in [3.63, 3.8) is 0 Å². The van der Waals surface area contributed by atoms with Crippen molar-refractivity contribution in [2.45, 2.75) is 13.3 Å². The molecule has 1 N–H and O–H groups in total. The Balaban J connectivity index is 3.09. The fraction of sp³-hybridized carbons (Fsp3) is 0.455. The molecule has 0 aromatic heterocycles. The second-order valence-corrected chi connectivity index (χ2v) is 3.52. The third-order valence-corrected chi connectivity index (χ3v) is 2.46. The first-order valence-corrected chi connectivity index (χ1v) is 5.40. The number of halogens is 1. The third kappa shape index (κ3) is 3.13. The number of hydrogen-bond acceptors (Lipinski definition) is 4. The number of aliphatic hydroxyl groups is 1. The molecule has 0 spiro atoms. The second kappa shape index (κ2) is 6.15. The van der Waals surface area contributed by atoms with Crippen LogP contribution in [-0.4, -0.2) is 29.7 Å². The molecule has 1 rings (SSSR count). The van der Waals surface area contributed by atoms with Crippen molar-refractivity contribution < 1.29 is 14.4 Å². The predicted molar refractivity (Wildman–Crippen MR) is 62.6 cm³/mol. The van der Waals surface area contributed by atoms with Crippen LogP contribution in [0.25, 0.3) is 0 Å². The normalized spacial score (nSPS) is 10.3. The van der Waals surface area contributed by atoms with Crippen LogP contribution in [0, 0.1) is 15.9 Å². The van der Waals surface area contributed by atoms with Gasteiger partial charge in [-0.2, -0.15) is 4.39 Å². The maximum Gasteiger partial charge on any atom is 0.327 e. The van der Waals surface area contributed by atoms with Crippen LogP contribution in [0.1, 0.15) is 13.3 Å². The Hall–Kier alpha value is -1.69. The number of nitro groups is 1. The molecule has 0 saturated carbocycles. The predicted octanol–water partition coefficient (Wildman–Crippen LogP) is 1.94.